The maximum atomic E-state index is 5.76. The van der Waals surface area contributed by atoms with Gasteiger partial charge in [-0.05, 0) is 25.8 Å². The van der Waals surface area contributed by atoms with E-state index in [1.807, 2.05) is 10.9 Å². The summed E-state index contributed by atoms with van der Waals surface area (Å²) in [5, 5.41) is 8.31. The molecule has 1 aromatic rings. The molecule has 72 valence electrons. The molecular weight excluding hydrogens is 186 g/mol. The van der Waals surface area contributed by atoms with Crippen LogP contribution in [0.25, 0.3) is 0 Å². The van der Waals surface area contributed by atoms with Crippen molar-refractivity contribution >= 4 is 11.6 Å². The lowest BCUT2D eigenvalue weighted by Crippen LogP contribution is -2.22. The normalized spacial score (nSPS) is 22.4. The van der Waals surface area contributed by atoms with Gasteiger partial charge in [0, 0.05) is 18.8 Å². The van der Waals surface area contributed by atoms with Crippen molar-refractivity contribution in [2.24, 2.45) is 0 Å². The molecule has 13 heavy (non-hydrogen) atoms. The number of hydrogen-bond donors (Lipinski definition) is 1. The highest BCUT2D eigenvalue weighted by atomic mass is 35.5. The Morgan fingerprint density at radius 3 is 3.23 bits per heavy atom. The van der Waals surface area contributed by atoms with Gasteiger partial charge in [0.1, 0.15) is 0 Å². The zero-order chi connectivity index (χ0) is 9.10. The lowest BCUT2D eigenvalue weighted by Gasteiger charge is -2.08. The Bertz CT molecular complexity index is 266. The van der Waals surface area contributed by atoms with Crippen LogP contribution in [0.1, 0.15) is 19.3 Å². The SMILES string of the molecule is Clc1cnn(CCC2CCCN2)c1. The van der Waals surface area contributed by atoms with E-state index in [4.69, 9.17) is 11.6 Å². The Kier molecular flexibility index (Phi) is 2.86. The molecule has 1 aliphatic heterocycles. The highest BCUT2D eigenvalue weighted by Crippen LogP contribution is 2.11. The number of hydrogen-bond acceptors (Lipinski definition) is 2. The van der Waals surface area contributed by atoms with Crippen molar-refractivity contribution in [2.75, 3.05) is 6.54 Å². The Morgan fingerprint density at radius 1 is 1.69 bits per heavy atom. The molecule has 0 saturated carbocycles. The average molecular weight is 200 g/mol. The summed E-state index contributed by atoms with van der Waals surface area (Å²) in [6.07, 6.45) is 7.32. The van der Waals surface area contributed by atoms with Gasteiger partial charge < -0.3 is 5.32 Å². The molecule has 0 bridgehead atoms. The van der Waals surface area contributed by atoms with Crippen molar-refractivity contribution in [3.05, 3.63) is 17.4 Å². The van der Waals surface area contributed by atoms with E-state index in [1.54, 1.807) is 6.20 Å². The molecule has 0 aromatic carbocycles. The van der Waals surface area contributed by atoms with Crippen molar-refractivity contribution in [3.8, 4) is 0 Å². The molecule has 0 amide bonds. The second-order valence-electron chi connectivity index (χ2n) is 3.50. The largest absolute Gasteiger partial charge is 0.314 e. The molecule has 3 nitrogen and oxygen atoms in total. The molecule has 0 spiro atoms. The van der Waals surface area contributed by atoms with E-state index in [0.29, 0.717) is 6.04 Å². The first-order valence-corrected chi connectivity index (χ1v) is 5.14. The molecule has 4 heteroatoms. The van der Waals surface area contributed by atoms with E-state index in [1.165, 1.54) is 19.4 Å². The van der Waals surface area contributed by atoms with Crippen LogP contribution in [0.15, 0.2) is 12.4 Å². The highest BCUT2D eigenvalue weighted by molar-refractivity contribution is 6.30. The summed E-state index contributed by atoms with van der Waals surface area (Å²) in [5.41, 5.74) is 0. The fourth-order valence-corrected chi connectivity index (χ4v) is 1.91. The second-order valence-corrected chi connectivity index (χ2v) is 3.94. The van der Waals surface area contributed by atoms with Crippen molar-refractivity contribution in [2.45, 2.75) is 31.8 Å². The fraction of sp³-hybridized carbons (Fsp3) is 0.667. The van der Waals surface area contributed by atoms with Crippen LogP contribution in [0.4, 0.5) is 0 Å². The fourth-order valence-electron chi connectivity index (χ4n) is 1.75. The van der Waals surface area contributed by atoms with E-state index in [9.17, 15) is 0 Å². The van der Waals surface area contributed by atoms with Gasteiger partial charge in [0.25, 0.3) is 0 Å². The van der Waals surface area contributed by atoms with Crippen LogP contribution >= 0.6 is 11.6 Å². The monoisotopic (exact) mass is 199 g/mol. The van der Waals surface area contributed by atoms with Gasteiger partial charge in [-0.3, -0.25) is 4.68 Å². The highest BCUT2D eigenvalue weighted by Gasteiger charge is 2.13. The van der Waals surface area contributed by atoms with Gasteiger partial charge in [-0.2, -0.15) is 5.10 Å². The van der Waals surface area contributed by atoms with E-state index in [-0.39, 0.29) is 0 Å². The summed E-state index contributed by atoms with van der Waals surface area (Å²) in [5.74, 6) is 0. The summed E-state index contributed by atoms with van der Waals surface area (Å²) in [7, 11) is 0. The molecule has 0 radical (unpaired) electrons. The van der Waals surface area contributed by atoms with E-state index in [0.717, 1.165) is 18.0 Å². The van der Waals surface area contributed by atoms with Crippen LogP contribution < -0.4 is 5.32 Å². The Labute approximate surface area is 83.1 Å². The molecule has 2 heterocycles. The summed E-state index contributed by atoms with van der Waals surface area (Å²) >= 11 is 5.76. The number of nitrogens with zero attached hydrogens (tertiary/aromatic N) is 2. The first kappa shape index (κ1) is 9.03. The van der Waals surface area contributed by atoms with Crippen molar-refractivity contribution in [1.82, 2.24) is 15.1 Å². The van der Waals surface area contributed by atoms with Crippen LogP contribution in [-0.4, -0.2) is 22.4 Å². The Hall–Kier alpha value is -0.540. The number of nitrogens with one attached hydrogen (secondary N) is 1. The lowest BCUT2D eigenvalue weighted by atomic mass is 10.2. The van der Waals surface area contributed by atoms with Gasteiger partial charge in [-0.15, -0.1) is 0 Å². The standard InChI is InChI=1S/C9H14ClN3/c10-8-6-12-13(7-8)5-3-9-2-1-4-11-9/h6-7,9,11H,1-5H2. The quantitative estimate of drug-likeness (QED) is 0.803. The first-order chi connectivity index (χ1) is 6.34. The predicted molar refractivity (Wildman–Crippen MR) is 52.9 cm³/mol. The minimum Gasteiger partial charge on any atom is -0.314 e. The predicted octanol–water partition coefficient (Wildman–Crippen LogP) is 1.68. The summed E-state index contributed by atoms with van der Waals surface area (Å²) in [6, 6.07) is 0.683. The van der Waals surface area contributed by atoms with Gasteiger partial charge in [0.2, 0.25) is 0 Å². The maximum absolute atomic E-state index is 5.76. The van der Waals surface area contributed by atoms with Crippen LogP contribution in [0, 0.1) is 0 Å². The molecule has 1 atom stereocenters. The lowest BCUT2D eigenvalue weighted by molar-refractivity contribution is 0.481. The topological polar surface area (TPSA) is 29.9 Å². The average Bonchev–Trinajstić information content (AvgIpc) is 2.71. The zero-order valence-electron chi connectivity index (χ0n) is 7.54. The zero-order valence-corrected chi connectivity index (χ0v) is 8.30. The molecule has 0 aliphatic carbocycles. The molecule has 1 unspecified atom stereocenters. The van der Waals surface area contributed by atoms with Crippen molar-refractivity contribution in [3.63, 3.8) is 0 Å². The van der Waals surface area contributed by atoms with Gasteiger partial charge in [-0.25, -0.2) is 0 Å². The molecule has 1 N–H and O–H groups in total. The number of aryl methyl sites for hydroxylation is 1. The third-order valence-electron chi connectivity index (χ3n) is 2.47. The third kappa shape index (κ3) is 2.45. The van der Waals surface area contributed by atoms with Crippen LogP contribution in [0.2, 0.25) is 5.02 Å². The van der Waals surface area contributed by atoms with Crippen LogP contribution in [-0.2, 0) is 6.54 Å². The number of halogens is 1. The van der Waals surface area contributed by atoms with Gasteiger partial charge >= 0.3 is 0 Å². The minimum atomic E-state index is 0.683. The van der Waals surface area contributed by atoms with Crippen molar-refractivity contribution < 1.29 is 0 Å². The van der Waals surface area contributed by atoms with Crippen LogP contribution in [0.5, 0.6) is 0 Å². The first-order valence-electron chi connectivity index (χ1n) is 4.76. The summed E-state index contributed by atoms with van der Waals surface area (Å²) in [4.78, 5) is 0. The Balaban J connectivity index is 1.78. The minimum absolute atomic E-state index is 0.683. The van der Waals surface area contributed by atoms with E-state index >= 15 is 0 Å². The smallest absolute Gasteiger partial charge is 0.0785 e. The molecule has 1 saturated heterocycles. The summed E-state index contributed by atoms with van der Waals surface area (Å²) in [6.45, 7) is 2.13. The molecule has 2 rings (SSSR count). The van der Waals surface area contributed by atoms with E-state index < -0.39 is 0 Å². The second kappa shape index (κ2) is 4.11. The summed E-state index contributed by atoms with van der Waals surface area (Å²) < 4.78 is 1.91. The molecule has 1 aliphatic rings. The molecule has 1 fully saturated rings. The van der Waals surface area contributed by atoms with Gasteiger partial charge in [0.05, 0.1) is 11.2 Å². The van der Waals surface area contributed by atoms with Crippen LogP contribution in [0.3, 0.4) is 0 Å². The van der Waals surface area contributed by atoms with Gasteiger partial charge in [-0.1, -0.05) is 11.6 Å². The van der Waals surface area contributed by atoms with E-state index in [2.05, 4.69) is 10.4 Å². The maximum Gasteiger partial charge on any atom is 0.0785 e. The molecular formula is C9H14ClN3. The van der Waals surface area contributed by atoms with Crippen molar-refractivity contribution in [1.29, 1.82) is 0 Å². The number of aromatic nitrogens is 2. The third-order valence-corrected chi connectivity index (χ3v) is 2.67. The van der Waals surface area contributed by atoms with Gasteiger partial charge in [0.15, 0.2) is 0 Å². The Morgan fingerprint density at radius 2 is 2.62 bits per heavy atom. The molecule has 1 aromatic heterocycles. The number of rotatable bonds is 3.